The highest BCUT2D eigenvalue weighted by atomic mass is 15.0. The van der Waals surface area contributed by atoms with Crippen LogP contribution in [0.4, 0.5) is 0 Å². The molecular weight excluding hydrogens is 693 g/mol. The smallest absolute Gasteiger partial charge is 0.161 e. The van der Waals surface area contributed by atoms with Crippen LogP contribution < -0.4 is 0 Å². The number of benzene rings is 8. The zero-order chi connectivity index (χ0) is 38.4. The molecule has 0 aliphatic rings. The Hall–Kier alpha value is -7.56. The standard InChI is InChI=1S/C53H38N4/c1-54-52(46-22-13-21-45(34-46)50-35-48(42-18-9-4-10-19-42)51-47-23-12-11-20-43(47)32-33-49(51)56-50)57-53(44-30-28-41(29-31-44)39-16-7-3-8-17-39)55-36-37-24-26-40(27-25-37)38-14-5-2-6-15-38/h2-35H,1,36H2. The second kappa shape index (κ2) is 16.0. The van der Waals surface area contributed by atoms with Crippen LogP contribution in [0, 0.1) is 0 Å². The van der Waals surface area contributed by atoms with E-state index < -0.39 is 0 Å². The minimum Gasteiger partial charge on any atom is -0.261 e. The number of pyridine rings is 1. The van der Waals surface area contributed by atoms with E-state index in [0.29, 0.717) is 18.2 Å². The molecule has 270 valence electrons. The zero-order valence-electron chi connectivity index (χ0n) is 31.3. The molecule has 57 heavy (non-hydrogen) atoms. The molecule has 1 aromatic heterocycles. The summed E-state index contributed by atoms with van der Waals surface area (Å²) in [6, 6.07) is 71.4. The Morgan fingerprint density at radius 1 is 0.456 bits per heavy atom. The normalized spacial score (nSPS) is 11.9. The lowest BCUT2D eigenvalue weighted by molar-refractivity contribution is 1.06. The molecule has 0 spiro atoms. The Kier molecular flexibility index (Phi) is 9.89. The Labute approximate surface area is 333 Å². The first-order chi connectivity index (χ1) is 28.2. The molecule has 0 bridgehead atoms. The van der Waals surface area contributed by atoms with Crippen LogP contribution in [0.3, 0.4) is 0 Å². The minimum atomic E-state index is 0.455. The van der Waals surface area contributed by atoms with Crippen molar-refractivity contribution in [1.82, 2.24) is 4.98 Å². The molecule has 8 aromatic carbocycles. The number of fused-ring (bicyclic) bond motifs is 3. The van der Waals surface area contributed by atoms with Gasteiger partial charge in [-0.05, 0) is 74.6 Å². The molecule has 4 heteroatoms. The molecule has 0 saturated carbocycles. The van der Waals surface area contributed by atoms with E-state index in [1.165, 1.54) is 21.9 Å². The molecule has 0 radical (unpaired) electrons. The van der Waals surface area contributed by atoms with Gasteiger partial charge >= 0.3 is 0 Å². The molecule has 0 amide bonds. The van der Waals surface area contributed by atoms with Gasteiger partial charge in [0.1, 0.15) is 0 Å². The second-order valence-corrected chi connectivity index (χ2v) is 13.9. The molecule has 0 unspecified atom stereocenters. The summed E-state index contributed by atoms with van der Waals surface area (Å²) in [4.78, 5) is 19.9. The number of amidine groups is 2. The average molecular weight is 731 g/mol. The van der Waals surface area contributed by atoms with E-state index in [4.69, 9.17) is 15.0 Å². The molecule has 0 aliphatic carbocycles. The summed E-state index contributed by atoms with van der Waals surface area (Å²) >= 11 is 0. The molecule has 9 aromatic rings. The van der Waals surface area contributed by atoms with Crippen LogP contribution in [-0.2, 0) is 6.54 Å². The second-order valence-electron chi connectivity index (χ2n) is 13.9. The van der Waals surface area contributed by atoms with Crippen molar-refractivity contribution in [2.24, 2.45) is 15.0 Å². The minimum absolute atomic E-state index is 0.455. The molecule has 4 nitrogen and oxygen atoms in total. The lowest BCUT2D eigenvalue weighted by Crippen LogP contribution is -2.06. The summed E-state index contributed by atoms with van der Waals surface area (Å²) in [7, 11) is 0. The maximum absolute atomic E-state index is 5.23. The molecule has 0 saturated heterocycles. The summed E-state index contributed by atoms with van der Waals surface area (Å²) in [6.45, 7) is 4.42. The topological polar surface area (TPSA) is 50.0 Å². The van der Waals surface area contributed by atoms with Gasteiger partial charge in [0, 0.05) is 22.1 Å². The van der Waals surface area contributed by atoms with Gasteiger partial charge < -0.3 is 0 Å². The Balaban J connectivity index is 1.11. The fraction of sp³-hybridized carbons (Fsp3) is 0.0189. The van der Waals surface area contributed by atoms with Gasteiger partial charge in [0.2, 0.25) is 0 Å². The molecule has 0 atom stereocenters. The van der Waals surface area contributed by atoms with E-state index in [-0.39, 0.29) is 0 Å². The van der Waals surface area contributed by atoms with Gasteiger partial charge in [0.25, 0.3) is 0 Å². The third-order valence-corrected chi connectivity index (χ3v) is 10.3. The number of rotatable bonds is 8. The van der Waals surface area contributed by atoms with Gasteiger partial charge in [-0.3, -0.25) is 4.99 Å². The van der Waals surface area contributed by atoms with Crippen LogP contribution in [0.15, 0.2) is 221 Å². The van der Waals surface area contributed by atoms with E-state index in [0.717, 1.165) is 61.1 Å². The first kappa shape index (κ1) is 35.2. The third kappa shape index (κ3) is 7.57. The largest absolute Gasteiger partial charge is 0.261 e. The Morgan fingerprint density at radius 2 is 1.04 bits per heavy atom. The fourth-order valence-electron chi connectivity index (χ4n) is 7.34. The predicted octanol–water partition coefficient (Wildman–Crippen LogP) is 13.2. The van der Waals surface area contributed by atoms with Crippen LogP contribution >= 0.6 is 0 Å². The Bertz CT molecular complexity index is 2900. The quantitative estimate of drug-likeness (QED) is 0.0872. The lowest BCUT2D eigenvalue weighted by atomic mass is 9.94. The van der Waals surface area contributed by atoms with Crippen molar-refractivity contribution < 1.29 is 0 Å². The maximum atomic E-state index is 5.23. The van der Waals surface area contributed by atoms with Crippen molar-refractivity contribution in [1.29, 1.82) is 0 Å². The van der Waals surface area contributed by atoms with Crippen LogP contribution in [0.5, 0.6) is 0 Å². The monoisotopic (exact) mass is 730 g/mol. The highest BCUT2D eigenvalue weighted by molar-refractivity contribution is 6.15. The van der Waals surface area contributed by atoms with Gasteiger partial charge in [-0.1, -0.05) is 188 Å². The van der Waals surface area contributed by atoms with Crippen LogP contribution in [0.25, 0.3) is 66.3 Å². The van der Waals surface area contributed by atoms with Gasteiger partial charge in [-0.15, -0.1) is 0 Å². The van der Waals surface area contributed by atoms with Crippen molar-refractivity contribution in [2.75, 3.05) is 0 Å². The number of aliphatic imine (C=N–C) groups is 3. The highest BCUT2D eigenvalue weighted by Crippen LogP contribution is 2.37. The predicted molar refractivity (Wildman–Crippen MR) is 240 cm³/mol. The number of hydrogen-bond donors (Lipinski definition) is 0. The molecule has 1 heterocycles. The summed E-state index contributed by atoms with van der Waals surface area (Å²) in [5.74, 6) is 1.06. The first-order valence-corrected chi connectivity index (χ1v) is 19.1. The van der Waals surface area contributed by atoms with Crippen LogP contribution in [0.1, 0.15) is 16.7 Å². The lowest BCUT2D eigenvalue weighted by Gasteiger charge is -2.13. The number of hydrogen-bond acceptors (Lipinski definition) is 2. The Morgan fingerprint density at radius 3 is 1.70 bits per heavy atom. The number of aromatic nitrogens is 1. The third-order valence-electron chi connectivity index (χ3n) is 10.3. The fourth-order valence-corrected chi connectivity index (χ4v) is 7.34. The molecule has 0 N–H and O–H groups in total. The van der Waals surface area contributed by atoms with Gasteiger partial charge in [0.15, 0.2) is 11.7 Å². The molecule has 9 rings (SSSR count). The SMILES string of the molecule is C=NC(=NC(=NCc1ccc(-c2ccccc2)cc1)c1ccc(-c2ccccc2)cc1)c1cccc(-c2cc(-c3ccccc3)c3c(ccc4ccccc43)n2)c1. The van der Waals surface area contributed by atoms with Gasteiger partial charge in [0.05, 0.1) is 17.8 Å². The van der Waals surface area contributed by atoms with E-state index in [9.17, 15) is 0 Å². The summed E-state index contributed by atoms with van der Waals surface area (Å²) in [5.41, 5.74) is 12.5. The van der Waals surface area contributed by atoms with E-state index in [1.807, 2.05) is 24.3 Å². The first-order valence-electron chi connectivity index (χ1n) is 19.1. The zero-order valence-corrected chi connectivity index (χ0v) is 31.3. The van der Waals surface area contributed by atoms with Crippen LogP contribution in [0.2, 0.25) is 0 Å². The van der Waals surface area contributed by atoms with E-state index >= 15 is 0 Å². The summed E-state index contributed by atoms with van der Waals surface area (Å²) in [5, 5.41) is 3.51. The van der Waals surface area contributed by atoms with Crippen molar-refractivity contribution in [2.45, 2.75) is 6.54 Å². The van der Waals surface area contributed by atoms with Crippen molar-refractivity contribution in [3.8, 4) is 44.6 Å². The van der Waals surface area contributed by atoms with Crippen molar-refractivity contribution in [3.63, 3.8) is 0 Å². The van der Waals surface area contributed by atoms with Crippen molar-refractivity contribution in [3.05, 3.63) is 223 Å². The van der Waals surface area contributed by atoms with E-state index in [1.54, 1.807) is 0 Å². The van der Waals surface area contributed by atoms with E-state index in [2.05, 4.69) is 194 Å². The van der Waals surface area contributed by atoms with Crippen molar-refractivity contribution >= 4 is 40.1 Å². The molecule has 0 aliphatic heterocycles. The van der Waals surface area contributed by atoms with Crippen LogP contribution in [-0.4, -0.2) is 23.4 Å². The van der Waals surface area contributed by atoms with Gasteiger partial charge in [-0.2, -0.15) is 0 Å². The summed E-state index contributed by atoms with van der Waals surface area (Å²) in [6.07, 6.45) is 0. The van der Waals surface area contributed by atoms with Gasteiger partial charge in [-0.25, -0.2) is 15.0 Å². The average Bonchev–Trinajstić information content (AvgIpc) is 3.30. The number of nitrogens with zero attached hydrogens (tertiary/aromatic N) is 4. The highest BCUT2D eigenvalue weighted by Gasteiger charge is 2.15. The maximum Gasteiger partial charge on any atom is 0.161 e. The molecular formula is C53H38N4. The summed E-state index contributed by atoms with van der Waals surface area (Å²) < 4.78 is 0. The molecule has 0 fully saturated rings.